The molecule has 4 nitrogen and oxygen atoms in total. The van der Waals surface area contributed by atoms with Crippen molar-refractivity contribution in [2.75, 3.05) is 33.3 Å². The van der Waals surface area contributed by atoms with Gasteiger partial charge in [-0.05, 0) is 63.7 Å². The number of aryl methyl sites for hydroxylation is 1. The second kappa shape index (κ2) is 7.00. The maximum atomic E-state index is 13.2. The summed E-state index contributed by atoms with van der Waals surface area (Å²) in [5.74, 6) is -0.451. The van der Waals surface area contributed by atoms with E-state index in [2.05, 4.69) is 11.9 Å². The molecule has 0 bridgehead atoms. The van der Waals surface area contributed by atoms with Crippen LogP contribution in [0.3, 0.4) is 0 Å². The normalized spacial score (nSPS) is 17.0. The predicted octanol–water partition coefficient (Wildman–Crippen LogP) is 1.66. The Labute approximate surface area is 125 Å². The Morgan fingerprint density at radius 1 is 1.43 bits per heavy atom. The Balaban J connectivity index is 2.18. The van der Waals surface area contributed by atoms with Crippen LogP contribution in [0.25, 0.3) is 0 Å². The Morgan fingerprint density at radius 2 is 2.10 bits per heavy atom. The van der Waals surface area contributed by atoms with E-state index in [0.717, 1.165) is 25.9 Å². The fourth-order valence-corrected chi connectivity index (χ4v) is 2.89. The van der Waals surface area contributed by atoms with Gasteiger partial charge >= 0.3 is 0 Å². The Morgan fingerprint density at radius 3 is 2.67 bits per heavy atom. The van der Waals surface area contributed by atoms with Gasteiger partial charge in [0.25, 0.3) is 5.91 Å². The van der Waals surface area contributed by atoms with Crippen molar-refractivity contribution in [1.29, 1.82) is 0 Å². The van der Waals surface area contributed by atoms with Crippen LogP contribution in [0.5, 0.6) is 0 Å². The summed E-state index contributed by atoms with van der Waals surface area (Å²) < 4.78 is 13.2. The Kier molecular flexibility index (Phi) is 5.31. The van der Waals surface area contributed by atoms with Gasteiger partial charge in [-0.25, -0.2) is 4.39 Å². The van der Waals surface area contributed by atoms with Gasteiger partial charge in [-0.2, -0.15) is 0 Å². The van der Waals surface area contributed by atoms with Gasteiger partial charge in [0.1, 0.15) is 5.82 Å². The zero-order valence-corrected chi connectivity index (χ0v) is 12.7. The van der Waals surface area contributed by atoms with Crippen molar-refractivity contribution < 1.29 is 14.3 Å². The number of aliphatic hydroxyl groups is 1. The maximum Gasteiger partial charge on any atom is 0.254 e. The van der Waals surface area contributed by atoms with Gasteiger partial charge in [0.05, 0.1) is 6.61 Å². The van der Waals surface area contributed by atoms with E-state index in [9.17, 15) is 14.3 Å². The number of hydrogen-bond donors (Lipinski definition) is 1. The number of benzene rings is 1. The second-order valence-corrected chi connectivity index (χ2v) is 5.72. The van der Waals surface area contributed by atoms with E-state index in [1.807, 2.05) is 0 Å². The lowest BCUT2D eigenvalue weighted by Gasteiger charge is -2.37. The number of carbonyl (C=O) groups is 1. The molecular weight excluding hydrogens is 271 g/mol. The summed E-state index contributed by atoms with van der Waals surface area (Å²) in [4.78, 5) is 16.7. The number of likely N-dealkylation sites (tertiary alicyclic amines) is 1. The first-order valence-corrected chi connectivity index (χ1v) is 7.39. The van der Waals surface area contributed by atoms with Crippen molar-refractivity contribution in [2.45, 2.75) is 25.8 Å². The first-order valence-electron chi connectivity index (χ1n) is 7.39. The van der Waals surface area contributed by atoms with Crippen LogP contribution in [-0.2, 0) is 0 Å². The molecule has 1 aliphatic heterocycles. The standard InChI is InChI=1S/C16H23FN2O2/c1-12-11-13(17)3-4-15(12)16(21)19(9-10-20)14-5-7-18(2)8-6-14/h3-4,11,14,20H,5-10H2,1-2H3. The minimum Gasteiger partial charge on any atom is -0.395 e. The van der Waals surface area contributed by atoms with Crippen LogP contribution in [0.2, 0.25) is 0 Å². The second-order valence-electron chi connectivity index (χ2n) is 5.72. The van der Waals surface area contributed by atoms with Crippen molar-refractivity contribution in [3.63, 3.8) is 0 Å². The van der Waals surface area contributed by atoms with Gasteiger partial charge in [-0.3, -0.25) is 4.79 Å². The van der Waals surface area contributed by atoms with Crippen LogP contribution < -0.4 is 0 Å². The van der Waals surface area contributed by atoms with E-state index in [1.165, 1.54) is 18.2 Å². The highest BCUT2D eigenvalue weighted by Crippen LogP contribution is 2.20. The van der Waals surface area contributed by atoms with Crippen LogP contribution in [0.15, 0.2) is 18.2 Å². The van der Waals surface area contributed by atoms with E-state index in [4.69, 9.17) is 0 Å². The number of hydrogen-bond acceptors (Lipinski definition) is 3. The summed E-state index contributed by atoms with van der Waals surface area (Å²) >= 11 is 0. The average Bonchev–Trinajstić information content (AvgIpc) is 2.45. The lowest BCUT2D eigenvalue weighted by Crippen LogP contribution is -2.47. The molecule has 1 aliphatic rings. The highest BCUT2D eigenvalue weighted by atomic mass is 19.1. The average molecular weight is 294 g/mol. The van der Waals surface area contributed by atoms with Gasteiger partial charge in [-0.15, -0.1) is 0 Å². The quantitative estimate of drug-likeness (QED) is 0.918. The maximum absolute atomic E-state index is 13.2. The molecule has 1 amide bonds. The first-order chi connectivity index (χ1) is 10.0. The summed E-state index contributed by atoms with van der Waals surface area (Å²) in [6.07, 6.45) is 1.81. The number of piperidine rings is 1. The number of halogens is 1. The smallest absolute Gasteiger partial charge is 0.254 e. The van der Waals surface area contributed by atoms with Crippen LogP contribution in [0.4, 0.5) is 4.39 Å². The Hall–Kier alpha value is -1.46. The third kappa shape index (κ3) is 3.80. The van der Waals surface area contributed by atoms with Gasteiger partial charge in [0, 0.05) is 18.2 Å². The summed E-state index contributed by atoms with van der Waals surface area (Å²) in [7, 11) is 2.07. The molecule has 0 atom stereocenters. The third-order valence-corrected chi connectivity index (χ3v) is 4.15. The molecular formula is C16H23FN2O2. The topological polar surface area (TPSA) is 43.8 Å². The van der Waals surface area contributed by atoms with Crippen LogP contribution in [0.1, 0.15) is 28.8 Å². The molecule has 1 aromatic rings. The number of carbonyl (C=O) groups excluding carboxylic acids is 1. The molecule has 1 aromatic carbocycles. The number of rotatable bonds is 4. The SMILES string of the molecule is Cc1cc(F)ccc1C(=O)N(CCO)C1CCN(C)CC1. The Bertz CT molecular complexity index is 499. The highest BCUT2D eigenvalue weighted by Gasteiger charge is 2.27. The van der Waals surface area contributed by atoms with Crippen molar-refractivity contribution in [3.8, 4) is 0 Å². The first kappa shape index (κ1) is 15.9. The zero-order chi connectivity index (χ0) is 15.4. The van der Waals surface area contributed by atoms with Gasteiger partial charge in [0.15, 0.2) is 0 Å². The molecule has 116 valence electrons. The fraction of sp³-hybridized carbons (Fsp3) is 0.562. The summed E-state index contributed by atoms with van der Waals surface area (Å²) in [6, 6.07) is 4.36. The molecule has 21 heavy (non-hydrogen) atoms. The van der Waals surface area contributed by atoms with E-state index >= 15 is 0 Å². The summed E-state index contributed by atoms with van der Waals surface area (Å²) in [5, 5.41) is 9.26. The molecule has 1 fully saturated rings. The number of aliphatic hydroxyl groups excluding tert-OH is 1. The summed E-state index contributed by atoms with van der Waals surface area (Å²) in [6.45, 7) is 3.90. The minimum atomic E-state index is -0.336. The van der Waals surface area contributed by atoms with E-state index in [0.29, 0.717) is 17.7 Å². The number of amides is 1. The van der Waals surface area contributed by atoms with E-state index in [-0.39, 0.29) is 24.4 Å². The van der Waals surface area contributed by atoms with Crippen molar-refractivity contribution in [1.82, 2.24) is 9.80 Å². The molecule has 0 aliphatic carbocycles. The molecule has 5 heteroatoms. The molecule has 0 spiro atoms. The molecule has 1 heterocycles. The van der Waals surface area contributed by atoms with Crippen molar-refractivity contribution in [2.24, 2.45) is 0 Å². The fourth-order valence-electron chi connectivity index (χ4n) is 2.89. The molecule has 2 rings (SSSR count). The molecule has 0 saturated carbocycles. The van der Waals surface area contributed by atoms with Crippen LogP contribution in [0, 0.1) is 12.7 Å². The molecule has 0 aromatic heterocycles. The lowest BCUT2D eigenvalue weighted by atomic mass is 10.0. The lowest BCUT2D eigenvalue weighted by molar-refractivity contribution is 0.0539. The zero-order valence-electron chi connectivity index (χ0n) is 12.7. The van der Waals surface area contributed by atoms with E-state index in [1.54, 1.807) is 11.8 Å². The van der Waals surface area contributed by atoms with Crippen LogP contribution in [-0.4, -0.2) is 60.1 Å². The van der Waals surface area contributed by atoms with Crippen LogP contribution >= 0.6 is 0 Å². The van der Waals surface area contributed by atoms with Gasteiger partial charge < -0.3 is 14.9 Å². The monoisotopic (exact) mass is 294 g/mol. The van der Waals surface area contributed by atoms with Crippen molar-refractivity contribution in [3.05, 3.63) is 35.1 Å². The largest absolute Gasteiger partial charge is 0.395 e. The third-order valence-electron chi connectivity index (χ3n) is 4.15. The molecule has 1 saturated heterocycles. The molecule has 1 N–H and O–H groups in total. The van der Waals surface area contributed by atoms with Gasteiger partial charge in [-0.1, -0.05) is 0 Å². The number of nitrogens with zero attached hydrogens (tertiary/aromatic N) is 2. The van der Waals surface area contributed by atoms with E-state index < -0.39 is 0 Å². The summed E-state index contributed by atoms with van der Waals surface area (Å²) in [5.41, 5.74) is 1.15. The van der Waals surface area contributed by atoms with Crippen molar-refractivity contribution >= 4 is 5.91 Å². The molecule has 0 unspecified atom stereocenters. The minimum absolute atomic E-state index is 0.0572. The predicted molar refractivity (Wildman–Crippen MR) is 79.8 cm³/mol. The molecule has 0 radical (unpaired) electrons. The van der Waals surface area contributed by atoms with Gasteiger partial charge in [0.2, 0.25) is 0 Å². The highest BCUT2D eigenvalue weighted by molar-refractivity contribution is 5.95.